The third-order valence-corrected chi connectivity index (χ3v) is 3.04. The number of hydrogen-bond donors (Lipinski definition) is 1. The van der Waals surface area contributed by atoms with E-state index in [0.29, 0.717) is 0 Å². The Morgan fingerprint density at radius 3 is 2.31 bits per heavy atom. The Bertz CT molecular complexity index is 491. The van der Waals surface area contributed by atoms with E-state index in [-0.39, 0.29) is 0 Å². The molecular weight excluding hydrogens is 218 g/mol. The summed E-state index contributed by atoms with van der Waals surface area (Å²) in [5.41, 5.74) is 8.58. The van der Waals surface area contributed by atoms with Crippen LogP contribution in [0.15, 0.2) is 40.4 Å². The van der Waals surface area contributed by atoms with Gasteiger partial charge < -0.3 is 5.73 Å². The number of nitrogens with zero attached hydrogens (tertiary/aromatic N) is 2. The molecule has 0 spiro atoms. The van der Waals surface area contributed by atoms with Crippen molar-refractivity contribution in [3.05, 3.63) is 41.7 Å². The van der Waals surface area contributed by atoms with Crippen LogP contribution in [0.5, 0.6) is 0 Å². The lowest BCUT2D eigenvalue weighted by molar-refractivity contribution is 0.902. The predicted octanol–water partition coefficient (Wildman–Crippen LogP) is 2.83. The van der Waals surface area contributed by atoms with Gasteiger partial charge in [-0.1, -0.05) is 12.1 Å². The van der Waals surface area contributed by atoms with E-state index in [9.17, 15) is 0 Å². The molecule has 2 rings (SSSR count). The van der Waals surface area contributed by atoms with Gasteiger partial charge in [0.25, 0.3) is 0 Å². The standard InChI is InChI=1S/C12H13N3S/c1-8-7-9(2)15-12(14-8)16-11-6-4-3-5-10(11)13/h3-7H,13H2,1-2H3. The Kier molecular flexibility index (Phi) is 3.10. The third-order valence-electron chi connectivity index (χ3n) is 2.08. The molecule has 0 fully saturated rings. The van der Waals surface area contributed by atoms with Crippen LogP contribution >= 0.6 is 11.8 Å². The van der Waals surface area contributed by atoms with Crippen LogP contribution in [0.4, 0.5) is 5.69 Å². The fourth-order valence-corrected chi connectivity index (χ4v) is 2.32. The van der Waals surface area contributed by atoms with Crippen molar-refractivity contribution in [2.45, 2.75) is 23.9 Å². The molecular formula is C12H13N3S. The molecule has 0 aliphatic rings. The van der Waals surface area contributed by atoms with Crippen LogP contribution in [0.2, 0.25) is 0 Å². The molecule has 1 heterocycles. The molecule has 1 aromatic carbocycles. The monoisotopic (exact) mass is 231 g/mol. The first kappa shape index (κ1) is 11.0. The first-order chi connectivity index (χ1) is 7.65. The number of aromatic nitrogens is 2. The molecule has 0 atom stereocenters. The minimum absolute atomic E-state index is 0.746. The minimum atomic E-state index is 0.746. The zero-order chi connectivity index (χ0) is 11.5. The van der Waals surface area contributed by atoms with E-state index in [1.807, 2.05) is 44.2 Å². The SMILES string of the molecule is Cc1cc(C)nc(Sc2ccccc2N)n1. The van der Waals surface area contributed by atoms with Gasteiger partial charge >= 0.3 is 0 Å². The van der Waals surface area contributed by atoms with Crippen LogP contribution < -0.4 is 5.73 Å². The topological polar surface area (TPSA) is 51.8 Å². The Morgan fingerprint density at radius 2 is 1.69 bits per heavy atom. The van der Waals surface area contributed by atoms with E-state index < -0.39 is 0 Å². The maximum absolute atomic E-state index is 5.87. The summed E-state index contributed by atoms with van der Waals surface area (Å²) < 4.78 is 0. The second-order valence-electron chi connectivity index (χ2n) is 3.57. The van der Waals surface area contributed by atoms with Crippen LogP contribution in [0.3, 0.4) is 0 Å². The number of para-hydroxylation sites is 1. The summed E-state index contributed by atoms with van der Waals surface area (Å²) in [5, 5.41) is 0.746. The van der Waals surface area contributed by atoms with Gasteiger partial charge in [0.15, 0.2) is 5.16 Å². The summed E-state index contributed by atoms with van der Waals surface area (Å²) in [7, 11) is 0. The first-order valence-electron chi connectivity index (χ1n) is 5.00. The number of benzene rings is 1. The number of aryl methyl sites for hydroxylation is 2. The second-order valence-corrected chi connectivity index (χ2v) is 4.58. The third kappa shape index (κ3) is 2.52. The Labute approximate surface area is 99.1 Å². The average molecular weight is 231 g/mol. The molecule has 82 valence electrons. The van der Waals surface area contributed by atoms with Gasteiger partial charge in [-0.25, -0.2) is 9.97 Å². The predicted molar refractivity (Wildman–Crippen MR) is 66.5 cm³/mol. The molecule has 2 aromatic rings. The summed E-state index contributed by atoms with van der Waals surface area (Å²) in [5.74, 6) is 0. The van der Waals surface area contributed by atoms with Gasteiger partial charge in [0, 0.05) is 22.0 Å². The second kappa shape index (κ2) is 4.53. The number of anilines is 1. The molecule has 2 N–H and O–H groups in total. The van der Waals surface area contributed by atoms with Crippen molar-refractivity contribution in [2.75, 3.05) is 5.73 Å². The van der Waals surface area contributed by atoms with Crippen LogP contribution in [0.1, 0.15) is 11.4 Å². The van der Waals surface area contributed by atoms with Gasteiger partial charge in [-0.05, 0) is 43.8 Å². The number of nitrogens with two attached hydrogens (primary N) is 1. The highest BCUT2D eigenvalue weighted by Crippen LogP contribution is 2.29. The average Bonchev–Trinajstić information content (AvgIpc) is 2.20. The minimum Gasteiger partial charge on any atom is -0.398 e. The molecule has 0 aliphatic heterocycles. The van der Waals surface area contributed by atoms with E-state index >= 15 is 0 Å². The Hall–Kier alpha value is -1.55. The number of nitrogen functional groups attached to an aromatic ring is 1. The molecule has 0 amide bonds. The maximum atomic E-state index is 5.87. The molecule has 0 saturated carbocycles. The van der Waals surface area contributed by atoms with Gasteiger partial charge in [0.1, 0.15) is 0 Å². The highest BCUT2D eigenvalue weighted by atomic mass is 32.2. The van der Waals surface area contributed by atoms with Gasteiger partial charge in [-0.15, -0.1) is 0 Å². The summed E-state index contributed by atoms with van der Waals surface area (Å²) >= 11 is 1.50. The van der Waals surface area contributed by atoms with Crippen molar-refractivity contribution >= 4 is 17.4 Å². The fraction of sp³-hybridized carbons (Fsp3) is 0.167. The van der Waals surface area contributed by atoms with Crippen LogP contribution in [0, 0.1) is 13.8 Å². The van der Waals surface area contributed by atoms with Crippen LogP contribution in [0.25, 0.3) is 0 Å². The van der Waals surface area contributed by atoms with E-state index in [4.69, 9.17) is 5.73 Å². The lowest BCUT2D eigenvalue weighted by atomic mass is 10.3. The molecule has 16 heavy (non-hydrogen) atoms. The summed E-state index contributed by atoms with van der Waals surface area (Å²) in [6.07, 6.45) is 0. The van der Waals surface area contributed by atoms with Crippen molar-refractivity contribution in [1.29, 1.82) is 0 Å². The number of rotatable bonds is 2. The van der Waals surface area contributed by atoms with Gasteiger partial charge in [0.05, 0.1) is 0 Å². The molecule has 0 saturated heterocycles. The molecule has 3 nitrogen and oxygen atoms in total. The summed E-state index contributed by atoms with van der Waals surface area (Å²) in [6, 6.07) is 9.69. The zero-order valence-electron chi connectivity index (χ0n) is 9.27. The van der Waals surface area contributed by atoms with E-state index in [2.05, 4.69) is 9.97 Å². The van der Waals surface area contributed by atoms with Gasteiger partial charge in [-0.3, -0.25) is 0 Å². The maximum Gasteiger partial charge on any atom is 0.192 e. The van der Waals surface area contributed by atoms with Crippen molar-refractivity contribution in [2.24, 2.45) is 0 Å². The Morgan fingerprint density at radius 1 is 1.06 bits per heavy atom. The largest absolute Gasteiger partial charge is 0.398 e. The van der Waals surface area contributed by atoms with Crippen LogP contribution in [-0.2, 0) is 0 Å². The smallest absolute Gasteiger partial charge is 0.192 e. The normalized spacial score (nSPS) is 10.4. The highest BCUT2D eigenvalue weighted by molar-refractivity contribution is 7.99. The van der Waals surface area contributed by atoms with E-state index in [1.165, 1.54) is 11.8 Å². The number of hydrogen-bond acceptors (Lipinski definition) is 4. The molecule has 0 radical (unpaired) electrons. The Balaban J connectivity index is 2.30. The summed E-state index contributed by atoms with van der Waals surface area (Å²) in [6.45, 7) is 3.93. The van der Waals surface area contributed by atoms with Gasteiger partial charge in [0.2, 0.25) is 0 Å². The summed E-state index contributed by atoms with van der Waals surface area (Å²) in [4.78, 5) is 9.73. The quantitative estimate of drug-likeness (QED) is 0.638. The first-order valence-corrected chi connectivity index (χ1v) is 5.81. The van der Waals surface area contributed by atoms with Crippen molar-refractivity contribution in [3.63, 3.8) is 0 Å². The molecule has 0 unspecified atom stereocenters. The fourth-order valence-electron chi connectivity index (χ4n) is 1.41. The molecule has 4 heteroatoms. The van der Waals surface area contributed by atoms with E-state index in [0.717, 1.165) is 27.1 Å². The molecule has 0 aliphatic carbocycles. The molecule has 1 aromatic heterocycles. The lowest BCUT2D eigenvalue weighted by Gasteiger charge is -2.05. The van der Waals surface area contributed by atoms with Gasteiger partial charge in [-0.2, -0.15) is 0 Å². The van der Waals surface area contributed by atoms with Crippen molar-refractivity contribution in [1.82, 2.24) is 9.97 Å². The zero-order valence-corrected chi connectivity index (χ0v) is 10.1. The lowest BCUT2D eigenvalue weighted by Crippen LogP contribution is -1.94. The van der Waals surface area contributed by atoms with Crippen LogP contribution in [-0.4, -0.2) is 9.97 Å². The van der Waals surface area contributed by atoms with Crippen molar-refractivity contribution in [3.8, 4) is 0 Å². The molecule has 0 bridgehead atoms. The van der Waals surface area contributed by atoms with Crippen molar-refractivity contribution < 1.29 is 0 Å². The van der Waals surface area contributed by atoms with E-state index in [1.54, 1.807) is 0 Å². The highest BCUT2D eigenvalue weighted by Gasteiger charge is 2.04.